The molecule has 0 heterocycles. The van der Waals surface area contributed by atoms with E-state index in [9.17, 15) is 28.0 Å². The molecule has 0 radical (unpaired) electrons. The van der Waals surface area contributed by atoms with Crippen molar-refractivity contribution in [2.24, 2.45) is 0 Å². The van der Waals surface area contributed by atoms with Crippen LogP contribution in [-0.2, 0) is 14.9 Å². The standard InChI is InChI=1S/C42H79NO6S/c1-3-5-7-9-11-13-15-17-19-20-21-22-23-25-26-28-30-32-34-36-40(44)39(38-50(47,48)49)43-42(46)41(45)37-35-33-31-29-27-24-18-16-14-12-10-8-6-4-2/h14,16,26,28,34,36,39-41,44-45H,3-13,15,17-25,27,29-33,35,37-38H2,1-2H3,(H,43,46)(H,47,48,49)/b16-14-,28-26+,36-34+. The van der Waals surface area contributed by atoms with E-state index in [0.717, 1.165) is 38.5 Å². The molecule has 0 fully saturated rings. The van der Waals surface area contributed by atoms with Crippen LogP contribution in [0.3, 0.4) is 0 Å². The van der Waals surface area contributed by atoms with Gasteiger partial charge in [0.1, 0.15) is 6.10 Å². The van der Waals surface area contributed by atoms with Gasteiger partial charge in [-0.05, 0) is 57.8 Å². The first kappa shape index (κ1) is 48.5. The number of hydrogen-bond acceptors (Lipinski definition) is 5. The Morgan fingerprint density at radius 2 is 0.900 bits per heavy atom. The maximum absolute atomic E-state index is 12.6. The van der Waals surface area contributed by atoms with Gasteiger partial charge in [0.25, 0.3) is 10.1 Å². The van der Waals surface area contributed by atoms with E-state index in [1.165, 1.54) is 134 Å². The summed E-state index contributed by atoms with van der Waals surface area (Å²) in [5, 5.41) is 23.4. The van der Waals surface area contributed by atoms with Gasteiger partial charge in [-0.2, -0.15) is 8.42 Å². The molecule has 0 aliphatic rings. The van der Waals surface area contributed by atoms with Crippen LogP contribution in [0, 0.1) is 0 Å². The molecule has 1 amide bonds. The Morgan fingerprint density at radius 1 is 0.540 bits per heavy atom. The lowest BCUT2D eigenvalue weighted by molar-refractivity contribution is -0.130. The number of hydrogen-bond donors (Lipinski definition) is 4. The van der Waals surface area contributed by atoms with Gasteiger partial charge in [0.15, 0.2) is 0 Å². The van der Waals surface area contributed by atoms with Crippen molar-refractivity contribution in [2.75, 3.05) is 5.75 Å². The molecule has 8 heteroatoms. The summed E-state index contributed by atoms with van der Waals surface area (Å²) >= 11 is 0. The van der Waals surface area contributed by atoms with Crippen molar-refractivity contribution in [2.45, 2.75) is 218 Å². The Morgan fingerprint density at radius 3 is 1.34 bits per heavy atom. The van der Waals surface area contributed by atoms with Gasteiger partial charge in [0, 0.05) is 0 Å². The van der Waals surface area contributed by atoms with Gasteiger partial charge in [-0.1, -0.05) is 179 Å². The minimum atomic E-state index is -4.45. The Hall–Kier alpha value is -1.48. The van der Waals surface area contributed by atoms with Crippen LogP contribution in [0.1, 0.15) is 200 Å². The van der Waals surface area contributed by atoms with Crippen molar-refractivity contribution in [3.05, 3.63) is 36.5 Å². The van der Waals surface area contributed by atoms with Crippen molar-refractivity contribution in [3.8, 4) is 0 Å². The predicted molar refractivity (Wildman–Crippen MR) is 213 cm³/mol. The number of allylic oxidation sites excluding steroid dienone is 5. The fourth-order valence-electron chi connectivity index (χ4n) is 6.17. The van der Waals surface area contributed by atoms with Crippen molar-refractivity contribution >= 4 is 16.0 Å². The van der Waals surface area contributed by atoms with Crippen molar-refractivity contribution in [1.29, 1.82) is 0 Å². The van der Waals surface area contributed by atoms with Crippen LogP contribution < -0.4 is 5.32 Å². The monoisotopic (exact) mass is 726 g/mol. The molecule has 4 N–H and O–H groups in total. The number of unbranched alkanes of at least 4 members (excludes halogenated alkanes) is 24. The molecule has 0 aliphatic carbocycles. The highest BCUT2D eigenvalue weighted by Gasteiger charge is 2.27. The highest BCUT2D eigenvalue weighted by atomic mass is 32.2. The topological polar surface area (TPSA) is 124 Å². The lowest BCUT2D eigenvalue weighted by Crippen LogP contribution is -2.50. The van der Waals surface area contributed by atoms with E-state index in [1.54, 1.807) is 6.08 Å². The lowest BCUT2D eigenvalue weighted by atomic mass is 10.0. The molecular formula is C42H79NO6S. The number of nitrogens with one attached hydrogen (secondary N) is 1. The smallest absolute Gasteiger partial charge is 0.267 e. The van der Waals surface area contributed by atoms with Crippen LogP contribution in [0.5, 0.6) is 0 Å². The molecular weight excluding hydrogens is 647 g/mol. The Kier molecular flexibility index (Phi) is 34.8. The second-order valence-electron chi connectivity index (χ2n) is 14.4. The van der Waals surface area contributed by atoms with E-state index in [2.05, 4.69) is 43.5 Å². The average Bonchev–Trinajstić information content (AvgIpc) is 3.08. The van der Waals surface area contributed by atoms with Gasteiger partial charge in [-0.25, -0.2) is 0 Å². The molecule has 0 aliphatic heterocycles. The van der Waals surface area contributed by atoms with Crippen LogP contribution in [0.15, 0.2) is 36.5 Å². The van der Waals surface area contributed by atoms with Crippen LogP contribution in [0.25, 0.3) is 0 Å². The van der Waals surface area contributed by atoms with Crippen molar-refractivity contribution in [3.63, 3.8) is 0 Å². The number of aliphatic hydroxyl groups is 2. The molecule has 0 saturated carbocycles. The summed E-state index contributed by atoms with van der Waals surface area (Å²) in [4.78, 5) is 12.6. The van der Waals surface area contributed by atoms with Gasteiger partial charge in [0.05, 0.1) is 17.9 Å². The summed E-state index contributed by atoms with van der Waals surface area (Å²) in [5.74, 6) is -1.56. The fourth-order valence-corrected chi connectivity index (χ4v) is 6.91. The average molecular weight is 726 g/mol. The fraction of sp³-hybridized carbons (Fsp3) is 0.833. The molecule has 0 spiro atoms. The lowest BCUT2D eigenvalue weighted by Gasteiger charge is -2.22. The van der Waals surface area contributed by atoms with Gasteiger partial charge in [0.2, 0.25) is 5.91 Å². The van der Waals surface area contributed by atoms with Crippen LogP contribution in [-0.4, -0.2) is 53.1 Å². The van der Waals surface area contributed by atoms with Crippen molar-refractivity contribution in [1.82, 2.24) is 5.32 Å². The van der Waals surface area contributed by atoms with E-state index >= 15 is 0 Å². The SMILES string of the molecule is CCCCCC/C=C\CCCCCCCCC(O)C(=O)NC(CS(=O)(=O)O)C(O)/C=C/CC/C=C/CCCCCCCCCCCCCCC. The van der Waals surface area contributed by atoms with E-state index in [1.807, 2.05) is 0 Å². The minimum Gasteiger partial charge on any atom is -0.387 e. The number of carbonyl (C=O) groups is 1. The minimum absolute atomic E-state index is 0.267. The molecule has 0 aromatic rings. The number of amides is 1. The summed E-state index contributed by atoms with van der Waals surface area (Å²) < 4.78 is 32.5. The molecule has 0 aromatic carbocycles. The van der Waals surface area contributed by atoms with E-state index in [0.29, 0.717) is 12.8 Å². The summed E-state index contributed by atoms with van der Waals surface area (Å²) in [6, 6.07) is -1.25. The molecule has 3 unspecified atom stereocenters. The van der Waals surface area contributed by atoms with Crippen molar-refractivity contribution < 1.29 is 28.0 Å². The first-order chi connectivity index (χ1) is 24.2. The first-order valence-electron chi connectivity index (χ1n) is 20.8. The van der Waals surface area contributed by atoms with Crippen LogP contribution >= 0.6 is 0 Å². The molecule has 0 bridgehead atoms. The van der Waals surface area contributed by atoms with Gasteiger partial charge < -0.3 is 15.5 Å². The zero-order valence-electron chi connectivity index (χ0n) is 32.4. The predicted octanol–water partition coefficient (Wildman–Crippen LogP) is 11.1. The Labute approximate surface area is 309 Å². The first-order valence-corrected chi connectivity index (χ1v) is 22.4. The number of carbonyl (C=O) groups excluding carboxylic acids is 1. The largest absolute Gasteiger partial charge is 0.387 e. The third-order valence-electron chi connectivity index (χ3n) is 9.40. The maximum atomic E-state index is 12.6. The number of rotatable bonds is 37. The second kappa shape index (κ2) is 35.9. The molecule has 294 valence electrons. The quantitative estimate of drug-likeness (QED) is 0.0287. The maximum Gasteiger partial charge on any atom is 0.267 e. The highest BCUT2D eigenvalue weighted by molar-refractivity contribution is 7.85. The molecule has 3 atom stereocenters. The third-order valence-corrected chi connectivity index (χ3v) is 10.2. The third kappa shape index (κ3) is 34.9. The van der Waals surface area contributed by atoms with Gasteiger partial charge in [-0.15, -0.1) is 0 Å². The highest BCUT2D eigenvalue weighted by Crippen LogP contribution is 2.14. The molecule has 50 heavy (non-hydrogen) atoms. The van der Waals surface area contributed by atoms with Gasteiger partial charge >= 0.3 is 0 Å². The van der Waals surface area contributed by atoms with E-state index in [-0.39, 0.29) is 6.42 Å². The van der Waals surface area contributed by atoms with E-state index in [4.69, 9.17) is 0 Å². The summed E-state index contributed by atoms with van der Waals surface area (Å²) in [6.45, 7) is 4.49. The summed E-state index contributed by atoms with van der Waals surface area (Å²) in [7, 11) is -4.45. The molecule has 0 saturated heterocycles. The number of aliphatic hydroxyl groups excluding tert-OH is 2. The van der Waals surface area contributed by atoms with Crippen LogP contribution in [0.4, 0.5) is 0 Å². The summed E-state index contributed by atoms with van der Waals surface area (Å²) in [6.07, 6.45) is 43.4. The van der Waals surface area contributed by atoms with E-state index < -0.39 is 40.0 Å². The summed E-state index contributed by atoms with van der Waals surface area (Å²) in [5.41, 5.74) is 0. The Balaban J connectivity index is 4.09. The molecule has 0 rings (SSSR count). The Bertz CT molecular complexity index is 948. The second-order valence-corrected chi connectivity index (χ2v) is 15.9. The molecule has 7 nitrogen and oxygen atoms in total. The van der Waals surface area contributed by atoms with Crippen LogP contribution in [0.2, 0.25) is 0 Å². The zero-order chi connectivity index (χ0) is 37.0. The molecule has 0 aromatic heterocycles. The zero-order valence-corrected chi connectivity index (χ0v) is 33.2. The van der Waals surface area contributed by atoms with Gasteiger partial charge in [-0.3, -0.25) is 9.35 Å². The normalized spacial score (nSPS) is 14.3.